The second kappa shape index (κ2) is 5.94. The first kappa shape index (κ1) is 15.7. The fourth-order valence-corrected chi connectivity index (χ4v) is 2.93. The minimum atomic E-state index is 0.600. The van der Waals surface area contributed by atoms with E-state index in [2.05, 4.69) is 37.0 Å². The lowest BCUT2D eigenvalue weighted by atomic mass is 10.4. The highest BCUT2D eigenvalue weighted by Gasteiger charge is 2.30. The van der Waals surface area contributed by atoms with Crippen LogP contribution in [0.2, 0.25) is 0 Å². The molecule has 0 amide bonds. The summed E-state index contributed by atoms with van der Waals surface area (Å²) < 4.78 is 3.61. The molecule has 1 saturated carbocycles. The van der Waals surface area contributed by atoms with Crippen LogP contribution in [-0.2, 0) is 7.05 Å². The first-order valence-corrected chi connectivity index (χ1v) is 8.61. The molecule has 0 saturated heterocycles. The minimum Gasteiger partial charge on any atom is -0.337 e. The Hall–Kier alpha value is -2.77. The van der Waals surface area contributed by atoms with Gasteiger partial charge in [0.15, 0.2) is 17.3 Å². The molecule has 8 heteroatoms. The van der Waals surface area contributed by atoms with E-state index < -0.39 is 0 Å². The zero-order valence-electron chi connectivity index (χ0n) is 15.0. The van der Waals surface area contributed by atoms with E-state index in [-0.39, 0.29) is 0 Å². The van der Waals surface area contributed by atoms with E-state index in [1.54, 1.807) is 10.9 Å². The lowest BCUT2D eigenvalue weighted by molar-refractivity contribution is 0.729. The largest absolute Gasteiger partial charge is 0.337 e. The molecule has 0 aromatic carbocycles. The SMILES string of the molecule is CCN(c1nc(C=Cc2nc3c(C)ncc(C)n3n2)n(C)n1)C1CC1. The number of anilines is 1. The number of aromatic nitrogens is 7. The minimum absolute atomic E-state index is 0.600. The van der Waals surface area contributed by atoms with Crippen molar-refractivity contribution < 1.29 is 0 Å². The van der Waals surface area contributed by atoms with E-state index in [4.69, 9.17) is 0 Å². The summed E-state index contributed by atoms with van der Waals surface area (Å²) in [6.07, 6.45) is 8.04. The Bertz CT molecular complexity index is 908. The molecule has 1 fully saturated rings. The van der Waals surface area contributed by atoms with Crippen LogP contribution < -0.4 is 4.90 Å². The average Bonchev–Trinajstić information content (AvgIpc) is 3.21. The van der Waals surface area contributed by atoms with E-state index >= 15 is 0 Å². The van der Waals surface area contributed by atoms with Gasteiger partial charge in [0.25, 0.3) is 0 Å². The van der Waals surface area contributed by atoms with Crippen molar-refractivity contribution in [3.63, 3.8) is 0 Å². The monoisotopic (exact) mass is 338 g/mol. The summed E-state index contributed by atoms with van der Waals surface area (Å²) in [5, 5.41) is 9.08. The van der Waals surface area contributed by atoms with Crippen molar-refractivity contribution in [2.24, 2.45) is 7.05 Å². The van der Waals surface area contributed by atoms with Gasteiger partial charge in [0.1, 0.15) is 0 Å². The molecule has 0 N–H and O–H groups in total. The zero-order valence-corrected chi connectivity index (χ0v) is 15.0. The molecular weight excluding hydrogens is 316 g/mol. The third kappa shape index (κ3) is 2.88. The summed E-state index contributed by atoms with van der Waals surface area (Å²) in [4.78, 5) is 15.8. The molecule has 0 aliphatic heterocycles. The summed E-state index contributed by atoms with van der Waals surface area (Å²) in [5.74, 6) is 2.23. The number of hydrogen-bond donors (Lipinski definition) is 0. The van der Waals surface area contributed by atoms with Crippen LogP contribution in [0.4, 0.5) is 5.95 Å². The molecule has 8 nitrogen and oxygen atoms in total. The van der Waals surface area contributed by atoms with Crippen LogP contribution >= 0.6 is 0 Å². The van der Waals surface area contributed by atoms with Gasteiger partial charge in [-0.25, -0.2) is 14.2 Å². The van der Waals surface area contributed by atoms with Gasteiger partial charge in [-0.2, -0.15) is 4.98 Å². The lowest BCUT2D eigenvalue weighted by Crippen LogP contribution is -2.26. The average molecular weight is 338 g/mol. The van der Waals surface area contributed by atoms with Gasteiger partial charge in [-0.15, -0.1) is 10.2 Å². The number of hydrogen-bond acceptors (Lipinski definition) is 6. The van der Waals surface area contributed by atoms with Crippen LogP contribution in [0, 0.1) is 13.8 Å². The molecule has 3 aromatic heterocycles. The predicted molar refractivity (Wildman–Crippen MR) is 96.2 cm³/mol. The molecule has 1 aliphatic carbocycles. The molecule has 25 heavy (non-hydrogen) atoms. The summed E-state index contributed by atoms with van der Waals surface area (Å²) in [6, 6.07) is 0.600. The fourth-order valence-electron chi connectivity index (χ4n) is 2.93. The van der Waals surface area contributed by atoms with E-state index in [1.165, 1.54) is 12.8 Å². The maximum atomic E-state index is 4.66. The molecule has 0 radical (unpaired) electrons. The number of rotatable bonds is 5. The normalized spacial score (nSPS) is 14.7. The molecule has 0 spiro atoms. The highest BCUT2D eigenvalue weighted by Crippen LogP contribution is 2.29. The maximum Gasteiger partial charge on any atom is 0.245 e. The van der Waals surface area contributed by atoms with Gasteiger partial charge >= 0.3 is 0 Å². The molecule has 130 valence electrons. The second-order valence-corrected chi connectivity index (χ2v) is 6.43. The number of fused-ring (bicyclic) bond motifs is 1. The van der Waals surface area contributed by atoms with Crippen molar-refractivity contribution in [3.05, 3.63) is 29.2 Å². The Morgan fingerprint density at radius 3 is 2.68 bits per heavy atom. The van der Waals surface area contributed by atoms with Gasteiger partial charge in [0.2, 0.25) is 5.95 Å². The van der Waals surface area contributed by atoms with Crippen molar-refractivity contribution in [2.45, 2.75) is 39.7 Å². The summed E-state index contributed by atoms with van der Waals surface area (Å²) in [7, 11) is 1.91. The smallest absolute Gasteiger partial charge is 0.245 e. The molecule has 3 aromatic rings. The summed E-state index contributed by atoms with van der Waals surface area (Å²) >= 11 is 0. The Labute approximate surface area is 146 Å². The summed E-state index contributed by atoms with van der Waals surface area (Å²) in [6.45, 7) is 6.97. The van der Waals surface area contributed by atoms with E-state index in [0.29, 0.717) is 11.9 Å². The van der Waals surface area contributed by atoms with Crippen LogP contribution in [0.3, 0.4) is 0 Å². The van der Waals surface area contributed by atoms with Gasteiger partial charge in [-0.1, -0.05) is 0 Å². The number of aryl methyl sites for hydroxylation is 3. The van der Waals surface area contributed by atoms with Crippen molar-refractivity contribution in [3.8, 4) is 0 Å². The van der Waals surface area contributed by atoms with Gasteiger partial charge in [0, 0.05) is 25.8 Å². The molecule has 0 bridgehead atoms. The fraction of sp³-hybridized carbons (Fsp3) is 0.471. The van der Waals surface area contributed by atoms with Gasteiger partial charge in [-0.05, 0) is 45.8 Å². The Kier molecular flexibility index (Phi) is 3.74. The molecule has 3 heterocycles. The Morgan fingerprint density at radius 1 is 1.20 bits per heavy atom. The van der Waals surface area contributed by atoms with E-state index in [0.717, 1.165) is 35.4 Å². The first-order valence-electron chi connectivity index (χ1n) is 8.61. The van der Waals surface area contributed by atoms with Crippen LogP contribution in [0.15, 0.2) is 6.20 Å². The molecule has 0 unspecified atom stereocenters. The second-order valence-electron chi connectivity index (χ2n) is 6.43. The molecular formula is C17H22N8. The Balaban J connectivity index is 1.63. The molecule has 0 atom stereocenters. The van der Waals surface area contributed by atoms with Crippen molar-refractivity contribution in [1.29, 1.82) is 0 Å². The Morgan fingerprint density at radius 2 is 2.00 bits per heavy atom. The number of nitrogens with zero attached hydrogens (tertiary/aromatic N) is 8. The van der Waals surface area contributed by atoms with Crippen molar-refractivity contribution >= 4 is 23.7 Å². The standard InChI is InChI=1S/C17H22N8/c1-5-24(13-6-7-13)17-20-15(23(4)22-17)9-8-14-19-16-12(3)18-10-11(2)25(16)21-14/h8-10,13H,5-7H2,1-4H3. The van der Waals surface area contributed by atoms with Crippen molar-refractivity contribution in [2.75, 3.05) is 11.4 Å². The third-order valence-electron chi connectivity index (χ3n) is 4.48. The molecule has 4 rings (SSSR count). The quantitative estimate of drug-likeness (QED) is 0.708. The van der Waals surface area contributed by atoms with Crippen LogP contribution in [0.1, 0.15) is 42.8 Å². The highest BCUT2D eigenvalue weighted by atomic mass is 15.4. The highest BCUT2D eigenvalue weighted by molar-refractivity contribution is 5.65. The predicted octanol–water partition coefficient (Wildman–Crippen LogP) is 2.03. The van der Waals surface area contributed by atoms with Crippen LogP contribution in [0.25, 0.3) is 17.8 Å². The van der Waals surface area contributed by atoms with Crippen LogP contribution in [-0.4, -0.2) is 46.9 Å². The van der Waals surface area contributed by atoms with Crippen LogP contribution in [0.5, 0.6) is 0 Å². The first-order chi connectivity index (χ1) is 12.1. The summed E-state index contributed by atoms with van der Waals surface area (Å²) in [5.41, 5.74) is 2.60. The topological polar surface area (TPSA) is 77.0 Å². The van der Waals surface area contributed by atoms with Gasteiger partial charge in [0.05, 0.1) is 11.4 Å². The van der Waals surface area contributed by atoms with Crippen molar-refractivity contribution in [1.82, 2.24) is 34.3 Å². The zero-order chi connectivity index (χ0) is 17.6. The maximum absolute atomic E-state index is 4.66. The third-order valence-corrected chi connectivity index (χ3v) is 4.48. The lowest BCUT2D eigenvalue weighted by Gasteiger charge is -2.17. The van der Waals surface area contributed by atoms with Gasteiger partial charge < -0.3 is 4.90 Å². The van der Waals surface area contributed by atoms with E-state index in [9.17, 15) is 0 Å². The molecule has 1 aliphatic rings. The van der Waals surface area contributed by atoms with Gasteiger partial charge in [-0.3, -0.25) is 4.98 Å². The van der Waals surface area contributed by atoms with E-state index in [1.807, 2.05) is 37.6 Å².